The highest BCUT2D eigenvalue weighted by Gasteiger charge is 2.13. The topological polar surface area (TPSA) is 60.2 Å². The molecule has 1 aromatic heterocycles. The maximum absolute atomic E-state index is 11.4. The Morgan fingerprint density at radius 3 is 2.55 bits per heavy atom. The monoisotopic (exact) mass is 320 g/mol. The molecule has 0 N–H and O–H groups in total. The molecule has 1 heterocycles. The van der Waals surface area contributed by atoms with Gasteiger partial charge in [-0.05, 0) is 31.2 Å². The van der Waals surface area contributed by atoms with Crippen LogP contribution in [0.4, 0.5) is 5.69 Å². The highest BCUT2D eigenvalue weighted by atomic mass is 32.2. The van der Waals surface area contributed by atoms with Gasteiger partial charge in [0.25, 0.3) is 0 Å². The summed E-state index contributed by atoms with van der Waals surface area (Å²) in [5.41, 5.74) is 2.12. The minimum atomic E-state index is -0.243. The van der Waals surface area contributed by atoms with Gasteiger partial charge >= 0.3 is 5.97 Å². The number of esters is 1. The number of thioether (sulfide) groups is 1. The molecule has 2 rings (SSSR count). The van der Waals surface area contributed by atoms with E-state index in [1.807, 2.05) is 54.9 Å². The number of hydrogen-bond acceptors (Lipinski definition) is 6. The van der Waals surface area contributed by atoms with Crippen molar-refractivity contribution in [2.24, 2.45) is 7.05 Å². The maximum atomic E-state index is 11.4. The molecule has 0 atom stereocenters. The van der Waals surface area contributed by atoms with E-state index in [2.05, 4.69) is 10.2 Å². The Labute approximate surface area is 134 Å². The van der Waals surface area contributed by atoms with Crippen molar-refractivity contribution in [3.8, 4) is 11.4 Å². The lowest BCUT2D eigenvalue weighted by Gasteiger charge is -2.12. The summed E-state index contributed by atoms with van der Waals surface area (Å²) in [7, 11) is 5.89. The molecular weight excluding hydrogens is 300 g/mol. The Kier molecular flexibility index (Phi) is 5.43. The molecule has 0 saturated carbocycles. The van der Waals surface area contributed by atoms with E-state index in [1.54, 1.807) is 6.92 Å². The van der Waals surface area contributed by atoms with Gasteiger partial charge in [0.2, 0.25) is 0 Å². The molecule has 22 heavy (non-hydrogen) atoms. The van der Waals surface area contributed by atoms with Crippen LogP contribution in [-0.2, 0) is 16.6 Å². The third-order valence-corrected chi connectivity index (χ3v) is 4.09. The molecular formula is C15H20N4O2S. The molecule has 1 aromatic carbocycles. The van der Waals surface area contributed by atoms with Crippen molar-refractivity contribution in [3.05, 3.63) is 24.3 Å². The summed E-state index contributed by atoms with van der Waals surface area (Å²) in [6, 6.07) is 8.10. The molecule has 0 radical (unpaired) electrons. The summed E-state index contributed by atoms with van der Waals surface area (Å²) >= 11 is 1.33. The van der Waals surface area contributed by atoms with E-state index < -0.39 is 0 Å². The first-order valence-electron chi connectivity index (χ1n) is 6.98. The molecule has 0 aliphatic rings. The molecule has 0 aliphatic heterocycles. The molecule has 0 bridgehead atoms. The summed E-state index contributed by atoms with van der Waals surface area (Å²) in [4.78, 5) is 13.4. The van der Waals surface area contributed by atoms with E-state index in [0.29, 0.717) is 11.8 Å². The molecule has 0 spiro atoms. The predicted molar refractivity (Wildman–Crippen MR) is 88.1 cm³/mol. The maximum Gasteiger partial charge on any atom is 0.316 e. The van der Waals surface area contributed by atoms with Crippen LogP contribution >= 0.6 is 11.8 Å². The van der Waals surface area contributed by atoms with Crippen molar-refractivity contribution < 1.29 is 9.53 Å². The quantitative estimate of drug-likeness (QED) is 0.601. The number of ether oxygens (including phenoxy) is 1. The molecule has 0 aliphatic carbocycles. The summed E-state index contributed by atoms with van der Waals surface area (Å²) in [6.07, 6.45) is 0. The van der Waals surface area contributed by atoms with Crippen LogP contribution in [0.2, 0.25) is 0 Å². The Morgan fingerprint density at radius 2 is 1.95 bits per heavy atom. The zero-order valence-corrected chi connectivity index (χ0v) is 14.1. The van der Waals surface area contributed by atoms with Crippen LogP contribution in [0.3, 0.4) is 0 Å². The van der Waals surface area contributed by atoms with Gasteiger partial charge < -0.3 is 14.2 Å². The zero-order valence-electron chi connectivity index (χ0n) is 13.2. The largest absolute Gasteiger partial charge is 0.465 e. The average Bonchev–Trinajstić information content (AvgIpc) is 2.86. The molecule has 6 nitrogen and oxygen atoms in total. The minimum Gasteiger partial charge on any atom is -0.465 e. The predicted octanol–water partition coefficient (Wildman–Crippen LogP) is 2.20. The number of aromatic nitrogens is 3. The molecule has 7 heteroatoms. The fraction of sp³-hybridized carbons (Fsp3) is 0.400. The summed E-state index contributed by atoms with van der Waals surface area (Å²) in [5, 5.41) is 9.04. The standard InChI is InChI=1S/C15H20N4O2S/c1-5-21-13(20)10-22-15-17-16-14(19(15)4)11-6-8-12(9-7-11)18(2)3/h6-9H,5,10H2,1-4H3. The van der Waals surface area contributed by atoms with Crippen LogP contribution in [0.25, 0.3) is 11.4 Å². The first-order valence-corrected chi connectivity index (χ1v) is 7.97. The highest BCUT2D eigenvalue weighted by molar-refractivity contribution is 7.99. The van der Waals surface area contributed by atoms with Gasteiger partial charge in [-0.25, -0.2) is 0 Å². The van der Waals surface area contributed by atoms with E-state index in [0.717, 1.165) is 17.1 Å². The van der Waals surface area contributed by atoms with Crippen LogP contribution in [-0.4, -0.2) is 47.2 Å². The summed E-state index contributed by atoms with van der Waals surface area (Å²) in [5.74, 6) is 0.767. The third kappa shape index (κ3) is 3.79. The van der Waals surface area contributed by atoms with Gasteiger partial charge in [-0.1, -0.05) is 11.8 Å². The van der Waals surface area contributed by atoms with Crippen molar-refractivity contribution >= 4 is 23.4 Å². The fourth-order valence-electron chi connectivity index (χ4n) is 1.93. The van der Waals surface area contributed by atoms with Crippen molar-refractivity contribution in [2.45, 2.75) is 12.1 Å². The normalized spacial score (nSPS) is 10.5. The fourth-order valence-corrected chi connectivity index (χ4v) is 2.64. The second-order valence-corrected chi connectivity index (χ2v) is 5.84. The van der Waals surface area contributed by atoms with Gasteiger partial charge in [-0.15, -0.1) is 10.2 Å². The smallest absolute Gasteiger partial charge is 0.316 e. The van der Waals surface area contributed by atoms with Gasteiger partial charge in [-0.3, -0.25) is 4.79 Å². The molecule has 0 unspecified atom stereocenters. The van der Waals surface area contributed by atoms with Gasteiger partial charge in [0.1, 0.15) is 0 Å². The number of benzene rings is 1. The lowest BCUT2D eigenvalue weighted by Crippen LogP contribution is -2.08. The summed E-state index contributed by atoms with van der Waals surface area (Å²) < 4.78 is 6.79. The second kappa shape index (κ2) is 7.31. The van der Waals surface area contributed by atoms with Crippen LogP contribution in [0.5, 0.6) is 0 Å². The number of carbonyl (C=O) groups excluding carboxylic acids is 1. The van der Waals surface area contributed by atoms with Crippen LogP contribution in [0, 0.1) is 0 Å². The van der Waals surface area contributed by atoms with E-state index >= 15 is 0 Å². The zero-order chi connectivity index (χ0) is 16.1. The Morgan fingerprint density at radius 1 is 1.27 bits per heavy atom. The van der Waals surface area contributed by atoms with Gasteiger partial charge in [-0.2, -0.15) is 0 Å². The van der Waals surface area contributed by atoms with Gasteiger partial charge in [0.05, 0.1) is 12.4 Å². The number of nitrogens with zero attached hydrogens (tertiary/aromatic N) is 4. The lowest BCUT2D eigenvalue weighted by atomic mass is 10.2. The van der Waals surface area contributed by atoms with Gasteiger partial charge in [0, 0.05) is 32.4 Å². The van der Waals surface area contributed by atoms with Crippen LogP contribution in [0.1, 0.15) is 6.92 Å². The van der Waals surface area contributed by atoms with Crippen molar-refractivity contribution in [2.75, 3.05) is 31.4 Å². The van der Waals surface area contributed by atoms with Crippen molar-refractivity contribution in [1.82, 2.24) is 14.8 Å². The van der Waals surface area contributed by atoms with Crippen LogP contribution in [0.15, 0.2) is 29.4 Å². The molecule has 0 saturated heterocycles. The molecule has 0 fully saturated rings. The van der Waals surface area contributed by atoms with E-state index in [9.17, 15) is 4.79 Å². The SMILES string of the molecule is CCOC(=O)CSc1nnc(-c2ccc(N(C)C)cc2)n1C. The molecule has 2 aromatic rings. The van der Waals surface area contributed by atoms with Gasteiger partial charge in [0.15, 0.2) is 11.0 Å². The number of carbonyl (C=O) groups is 1. The van der Waals surface area contributed by atoms with Crippen molar-refractivity contribution in [3.63, 3.8) is 0 Å². The number of anilines is 1. The Bertz CT molecular complexity index is 637. The number of rotatable bonds is 6. The Balaban J connectivity index is 2.11. The van der Waals surface area contributed by atoms with Crippen molar-refractivity contribution in [1.29, 1.82) is 0 Å². The van der Waals surface area contributed by atoms with E-state index in [1.165, 1.54) is 11.8 Å². The Hall–Kier alpha value is -2.02. The lowest BCUT2D eigenvalue weighted by molar-refractivity contribution is -0.139. The molecule has 118 valence electrons. The molecule has 0 amide bonds. The first-order chi connectivity index (χ1) is 10.5. The first kappa shape index (κ1) is 16.4. The van der Waals surface area contributed by atoms with E-state index in [4.69, 9.17) is 4.74 Å². The summed E-state index contributed by atoms with van der Waals surface area (Å²) in [6.45, 7) is 2.18. The average molecular weight is 320 g/mol. The van der Waals surface area contributed by atoms with Crippen LogP contribution < -0.4 is 4.90 Å². The third-order valence-electron chi connectivity index (χ3n) is 3.10. The second-order valence-electron chi connectivity index (χ2n) is 4.90. The highest BCUT2D eigenvalue weighted by Crippen LogP contribution is 2.24. The van der Waals surface area contributed by atoms with E-state index in [-0.39, 0.29) is 11.7 Å². The minimum absolute atomic E-state index is 0.235. The number of hydrogen-bond donors (Lipinski definition) is 0.